The van der Waals surface area contributed by atoms with Crippen LogP contribution in [-0.4, -0.2) is 78.2 Å². The van der Waals surface area contributed by atoms with Gasteiger partial charge in [0, 0.05) is 51.7 Å². The number of piperazine rings is 1. The molecule has 1 aromatic heterocycles. The average molecular weight is 479 g/mol. The standard InChI is InChI=1S/C26H30N4O3S/c31-25(30-9-3-4-20(16-30)26-27-21-5-1-2-6-24(21)34-26)17-29-12-10-28(11-13-29)15-19-7-8-22-23(14-19)33-18-32-22/h1-2,5-8,14,20H,3-4,9-13,15-18H2. The molecule has 178 valence electrons. The molecule has 7 nitrogen and oxygen atoms in total. The molecule has 3 aromatic rings. The summed E-state index contributed by atoms with van der Waals surface area (Å²) in [6.45, 7) is 7.17. The number of ether oxygens (including phenoxy) is 2. The van der Waals surface area contributed by atoms with E-state index in [0.29, 0.717) is 19.3 Å². The van der Waals surface area contributed by atoms with Crippen molar-refractivity contribution in [2.45, 2.75) is 25.3 Å². The Kier molecular flexibility index (Phi) is 6.11. The van der Waals surface area contributed by atoms with Crippen molar-refractivity contribution >= 4 is 27.5 Å². The Morgan fingerprint density at radius 2 is 1.82 bits per heavy atom. The lowest BCUT2D eigenvalue weighted by molar-refractivity contribution is -0.134. The minimum atomic E-state index is 0.259. The molecule has 1 unspecified atom stereocenters. The van der Waals surface area contributed by atoms with E-state index in [1.807, 2.05) is 12.1 Å². The number of benzene rings is 2. The molecule has 0 N–H and O–H groups in total. The molecular weight excluding hydrogens is 448 g/mol. The van der Waals surface area contributed by atoms with E-state index in [0.717, 1.165) is 75.7 Å². The number of aromatic nitrogens is 1. The molecule has 34 heavy (non-hydrogen) atoms. The number of nitrogens with zero attached hydrogens (tertiary/aromatic N) is 4. The molecule has 2 fully saturated rings. The largest absolute Gasteiger partial charge is 0.454 e. The Morgan fingerprint density at radius 1 is 1.00 bits per heavy atom. The SMILES string of the molecule is O=C(CN1CCN(Cc2ccc3c(c2)OCO3)CC1)N1CCCC(c2nc3ccccc3s2)C1. The van der Waals surface area contributed by atoms with Gasteiger partial charge < -0.3 is 14.4 Å². The molecule has 2 saturated heterocycles. The van der Waals surface area contributed by atoms with Crippen LogP contribution in [0.2, 0.25) is 0 Å². The summed E-state index contributed by atoms with van der Waals surface area (Å²) in [6, 6.07) is 14.5. The second-order valence-electron chi connectivity index (χ2n) is 9.44. The molecule has 6 rings (SSSR count). The second kappa shape index (κ2) is 9.52. The number of fused-ring (bicyclic) bond motifs is 2. The van der Waals surface area contributed by atoms with Crippen LogP contribution in [0.15, 0.2) is 42.5 Å². The molecule has 3 aliphatic heterocycles. The monoisotopic (exact) mass is 478 g/mol. The Hall–Kier alpha value is -2.68. The maximum absolute atomic E-state index is 13.1. The van der Waals surface area contributed by atoms with Crippen molar-refractivity contribution < 1.29 is 14.3 Å². The van der Waals surface area contributed by atoms with E-state index in [4.69, 9.17) is 14.5 Å². The summed E-state index contributed by atoms with van der Waals surface area (Å²) in [5.41, 5.74) is 2.31. The third-order valence-electron chi connectivity index (χ3n) is 7.10. The molecule has 0 radical (unpaired) electrons. The second-order valence-corrected chi connectivity index (χ2v) is 10.5. The first-order valence-corrected chi connectivity index (χ1v) is 13.0. The Labute approximate surface area is 203 Å². The fourth-order valence-corrected chi connectivity index (χ4v) is 6.26. The molecule has 0 bridgehead atoms. The van der Waals surface area contributed by atoms with E-state index in [1.54, 1.807) is 11.3 Å². The minimum Gasteiger partial charge on any atom is -0.454 e. The minimum absolute atomic E-state index is 0.259. The van der Waals surface area contributed by atoms with Crippen LogP contribution in [0.1, 0.15) is 29.3 Å². The quantitative estimate of drug-likeness (QED) is 0.559. The maximum atomic E-state index is 13.1. The number of hydrogen-bond donors (Lipinski definition) is 0. The molecule has 8 heteroatoms. The van der Waals surface area contributed by atoms with Crippen molar-refractivity contribution in [1.29, 1.82) is 0 Å². The van der Waals surface area contributed by atoms with E-state index in [1.165, 1.54) is 15.3 Å². The van der Waals surface area contributed by atoms with E-state index < -0.39 is 0 Å². The third-order valence-corrected chi connectivity index (χ3v) is 8.30. The van der Waals surface area contributed by atoms with E-state index in [-0.39, 0.29) is 5.91 Å². The van der Waals surface area contributed by atoms with Crippen LogP contribution in [0.5, 0.6) is 11.5 Å². The summed E-state index contributed by atoms with van der Waals surface area (Å²) in [7, 11) is 0. The summed E-state index contributed by atoms with van der Waals surface area (Å²) in [6.07, 6.45) is 2.16. The highest BCUT2D eigenvalue weighted by atomic mass is 32.1. The highest BCUT2D eigenvalue weighted by Crippen LogP contribution is 2.34. The number of para-hydroxylation sites is 1. The van der Waals surface area contributed by atoms with Crippen molar-refractivity contribution in [1.82, 2.24) is 19.7 Å². The van der Waals surface area contributed by atoms with Gasteiger partial charge in [0.25, 0.3) is 0 Å². The summed E-state index contributed by atoms with van der Waals surface area (Å²) in [5.74, 6) is 2.28. The number of carbonyl (C=O) groups is 1. The fourth-order valence-electron chi connectivity index (χ4n) is 5.16. The summed E-state index contributed by atoms with van der Waals surface area (Å²) in [4.78, 5) is 24.8. The molecule has 1 atom stereocenters. The van der Waals surface area contributed by atoms with Gasteiger partial charge in [-0.2, -0.15) is 0 Å². The lowest BCUT2D eigenvalue weighted by Gasteiger charge is -2.37. The first-order chi connectivity index (χ1) is 16.7. The van der Waals surface area contributed by atoms with Gasteiger partial charge in [0.15, 0.2) is 11.5 Å². The van der Waals surface area contributed by atoms with Gasteiger partial charge in [-0.3, -0.25) is 14.6 Å². The molecule has 2 aromatic carbocycles. The van der Waals surface area contributed by atoms with Crippen molar-refractivity contribution in [3.05, 3.63) is 53.0 Å². The molecule has 3 aliphatic rings. The van der Waals surface area contributed by atoms with Gasteiger partial charge in [-0.05, 0) is 42.7 Å². The van der Waals surface area contributed by atoms with Crippen LogP contribution in [0.4, 0.5) is 0 Å². The molecule has 1 amide bonds. The van der Waals surface area contributed by atoms with Gasteiger partial charge in [0.05, 0.1) is 21.8 Å². The first-order valence-electron chi connectivity index (χ1n) is 12.2. The number of rotatable bonds is 5. The van der Waals surface area contributed by atoms with Crippen molar-refractivity contribution in [3.8, 4) is 11.5 Å². The molecule has 0 aliphatic carbocycles. The predicted octanol–water partition coefficient (Wildman–Crippen LogP) is 3.55. The highest BCUT2D eigenvalue weighted by Gasteiger charge is 2.28. The molecule has 4 heterocycles. The van der Waals surface area contributed by atoms with E-state index >= 15 is 0 Å². The van der Waals surface area contributed by atoms with Gasteiger partial charge >= 0.3 is 0 Å². The lowest BCUT2D eigenvalue weighted by Crippen LogP contribution is -2.50. The zero-order valence-corrected chi connectivity index (χ0v) is 20.1. The van der Waals surface area contributed by atoms with E-state index in [2.05, 4.69) is 45.0 Å². The van der Waals surface area contributed by atoms with Crippen LogP contribution < -0.4 is 9.47 Å². The number of amides is 1. The highest BCUT2D eigenvalue weighted by molar-refractivity contribution is 7.18. The molecular formula is C26H30N4O3S. The molecule has 0 spiro atoms. The Balaban J connectivity index is 1.000. The van der Waals surface area contributed by atoms with Crippen LogP contribution in [-0.2, 0) is 11.3 Å². The first kappa shape index (κ1) is 21.8. The summed E-state index contributed by atoms with van der Waals surface area (Å²) in [5, 5.41) is 1.18. The number of likely N-dealkylation sites (tertiary alicyclic amines) is 1. The number of hydrogen-bond acceptors (Lipinski definition) is 7. The third kappa shape index (κ3) is 4.62. The fraction of sp³-hybridized carbons (Fsp3) is 0.462. The summed E-state index contributed by atoms with van der Waals surface area (Å²) >= 11 is 1.78. The number of thiazole rings is 1. The zero-order valence-electron chi connectivity index (χ0n) is 19.3. The van der Waals surface area contributed by atoms with Gasteiger partial charge in [-0.15, -0.1) is 11.3 Å². The lowest BCUT2D eigenvalue weighted by atomic mass is 9.98. The van der Waals surface area contributed by atoms with Gasteiger partial charge in [-0.25, -0.2) is 4.98 Å². The predicted molar refractivity (Wildman–Crippen MR) is 132 cm³/mol. The number of piperidine rings is 1. The Bertz CT molecular complexity index is 1140. The summed E-state index contributed by atoms with van der Waals surface area (Å²) < 4.78 is 12.1. The Morgan fingerprint density at radius 3 is 2.71 bits per heavy atom. The van der Waals surface area contributed by atoms with Gasteiger partial charge in [-0.1, -0.05) is 18.2 Å². The maximum Gasteiger partial charge on any atom is 0.236 e. The van der Waals surface area contributed by atoms with Gasteiger partial charge in [0.1, 0.15) is 0 Å². The van der Waals surface area contributed by atoms with E-state index in [9.17, 15) is 4.79 Å². The van der Waals surface area contributed by atoms with Crippen LogP contribution in [0, 0.1) is 0 Å². The van der Waals surface area contributed by atoms with Crippen LogP contribution in [0.25, 0.3) is 10.2 Å². The zero-order chi connectivity index (χ0) is 22.9. The smallest absolute Gasteiger partial charge is 0.236 e. The van der Waals surface area contributed by atoms with Gasteiger partial charge in [0.2, 0.25) is 12.7 Å². The van der Waals surface area contributed by atoms with Crippen molar-refractivity contribution in [2.24, 2.45) is 0 Å². The normalized spacial score (nSPS) is 21.3. The topological polar surface area (TPSA) is 58.1 Å². The van der Waals surface area contributed by atoms with Crippen molar-refractivity contribution in [2.75, 3.05) is 52.6 Å². The average Bonchev–Trinajstić information content (AvgIpc) is 3.52. The van der Waals surface area contributed by atoms with Crippen molar-refractivity contribution in [3.63, 3.8) is 0 Å². The van der Waals surface area contributed by atoms with Crippen LogP contribution in [0.3, 0.4) is 0 Å². The number of carbonyl (C=O) groups excluding carboxylic acids is 1. The molecule has 0 saturated carbocycles. The van der Waals surface area contributed by atoms with Crippen LogP contribution >= 0.6 is 11.3 Å².